The predicted molar refractivity (Wildman–Crippen MR) is 79.3 cm³/mol. The second-order valence-corrected chi connectivity index (χ2v) is 5.84. The molecule has 21 heavy (non-hydrogen) atoms. The molecule has 0 aliphatic carbocycles. The third kappa shape index (κ3) is 2.23. The quantitative estimate of drug-likeness (QED) is 0.784. The van der Waals surface area contributed by atoms with Crippen LogP contribution in [0.25, 0.3) is 0 Å². The molecule has 3 rings (SSSR count). The number of nitrogens with zero attached hydrogens (tertiary/aromatic N) is 1. The summed E-state index contributed by atoms with van der Waals surface area (Å²) in [5.74, 6) is -0.228. The Morgan fingerprint density at radius 3 is 2.76 bits per heavy atom. The Morgan fingerprint density at radius 2 is 2.10 bits per heavy atom. The summed E-state index contributed by atoms with van der Waals surface area (Å²) in [6.07, 6.45) is 1.51. The number of hydrogen-bond acceptors (Lipinski definition) is 4. The molecule has 2 heterocycles. The number of carbonyl (C=O) groups is 1. The molecule has 2 aliphatic heterocycles. The first-order valence-electron chi connectivity index (χ1n) is 7.33. The molecular formula is C17H21NO3. The Balaban J connectivity index is 2.02. The van der Waals surface area contributed by atoms with Gasteiger partial charge in [-0.1, -0.05) is 30.3 Å². The summed E-state index contributed by atoms with van der Waals surface area (Å²) in [5.41, 5.74) is 2.62. The molecule has 0 amide bonds. The molecule has 0 saturated carbocycles. The van der Waals surface area contributed by atoms with Gasteiger partial charge in [-0.3, -0.25) is 0 Å². The molecule has 112 valence electrons. The Hall–Kier alpha value is -1.81. The van der Waals surface area contributed by atoms with E-state index in [-0.39, 0.29) is 17.7 Å². The molecule has 1 saturated heterocycles. The third-order valence-corrected chi connectivity index (χ3v) is 4.63. The molecule has 0 bridgehead atoms. The van der Waals surface area contributed by atoms with Crippen molar-refractivity contribution in [1.29, 1.82) is 0 Å². The van der Waals surface area contributed by atoms with Crippen LogP contribution in [0.15, 0.2) is 41.6 Å². The van der Waals surface area contributed by atoms with Crippen LogP contribution >= 0.6 is 0 Å². The van der Waals surface area contributed by atoms with Crippen molar-refractivity contribution in [3.05, 3.63) is 47.2 Å². The van der Waals surface area contributed by atoms with Gasteiger partial charge in [-0.05, 0) is 32.3 Å². The van der Waals surface area contributed by atoms with Crippen LogP contribution < -0.4 is 0 Å². The lowest BCUT2D eigenvalue weighted by molar-refractivity contribution is -0.137. The van der Waals surface area contributed by atoms with Crippen LogP contribution in [-0.2, 0) is 14.3 Å². The van der Waals surface area contributed by atoms with Crippen molar-refractivity contribution in [2.75, 3.05) is 13.7 Å². The van der Waals surface area contributed by atoms with E-state index >= 15 is 0 Å². The first-order valence-corrected chi connectivity index (χ1v) is 7.33. The van der Waals surface area contributed by atoms with Gasteiger partial charge in [0.15, 0.2) is 0 Å². The first-order chi connectivity index (χ1) is 10.1. The number of esters is 1. The molecule has 1 fully saturated rings. The third-order valence-electron chi connectivity index (χ3n) is 4.63. The zero-order chi connectivity index (χ0) is 15.0. The summed E-state index contributed by atoms with van der Waals surface area (Å²) in [6, 6.07) is 10.5. The molecule has 4 heteroatoms. The minimum Gasteiger partial charge on any atom is -0.466 e. The van der Waals surface area contributed by atoms with Crippen molar-refractivity contribution in [3.8, 4) is 0 Å². The van der Waals surface area contributed by atoms with Crippen LogP contribution in [0.1, 0.15) is 38.3 Å². The van der Waals surface area contributed by atoms with Crippen LogP contribution in [0.3, 0.4) is 0 Å². The molecule has 4 nitrogen and oxygen atoms in total. The van der Waals surface area contributed by atoms with Gasteiger partial charge in [0.1, 0.15) is 5.72 Å². The van der Waals surface area contributed by atoms with Crippen molar-refractivity contribution in [3.63, 3.8) is 0 Å². The van der Waals surface area contributed by atoms with Crippen LogP contribution in [0.5, 0.6) is 0 Å². The molecule has 0 spiro atoms. The molecule has 0 N–H and O–H groups in total. The molecular weight excluding hydrogens is 266 g/mol. The van der Waals surface area contributed by atoms with Crippen molar-refractivity contribution >= 4 is 5.97 Å². The number of rotatable bonds is 2. The maximum Gasteiger partial charge on any atom is 0.335 e. The summed E-state index contributed by atoms with van der Waals surface area (Å²) in [5, 5.41) is 0. The van der Waals surface area contributed by atoms with E-state index in [0.29, 0.717) is 13.0 Å². The fraction of sp³-hybridized carbons (Fsp3) is 0.471. The van der Waals surface area contributed by atoms with E-state index in [1.165, 1.54) is 12.7 Å². The van der Waals surface area contributed by atoms with Crippen LogP contribution in [0.4, 0.5) is 0 Å². The zero-order valence-corrected chi connectivity index (χ0v) is 12.8. The van der Waals surface area contributed by atoms with E-state index in [4.69, 9.17) is 9.47 Å². The number of benzene rings is 1. The molecule has 1 aromatic rings. The highest BCUT2D eigenvalue weighted by molar-refractivity contribution is 5.89. The standard InChI is InChI=1S/C17H21NO3/c1-12-14(16(19)20-3)9-10-17(2)18(12)15(11-21-17)13-7-5-4-6-8-13/h4-8,15H,9-11H2,1-3H3/t15-,17+/m1/s1. The predicted octanol–water partition coefficient (Wildman–Crippen LogP) is 3.02. The van der Waals surface area contributed by atoms with E-state index in [0.717, 1.165) is 17.7 Å². The fourth-order valence-electron chi connectivity index (χ4n) is 3.49. The number of ether oxygens (including phenoxy) is 2. The van der Waals surface area contributed by atoms with E-state index in [2.05, 4.69) is 24.0 Å². The van der Waals surface area contributed by atoms with Gasteiger partial charge in [-0.2, -0.15) is 0 Å². The lowest BCUT2D eigenvalue weighted by Crippen LogP contribution is -2.45. The van der Waals surface area contributed by atoms with Crippen molar-refractivity contribution < 1.29 is 14.3 Å². The van der Waals surface area contributed by atoms with Crippen molar-refractivity contribution in [2.45, 2.75) is 38.5 Å². The van der Waals surface area contributed by atoms with Crippen molar-refractivity contribution in [2.24, 2.45) is 0 Å². The van der Waals surface area contributed by atoms with Crippen LogP contribution in [-0.4, -0.2) is 30.3 Å². The second kappa shape index (κ2) is 5.19. The Labute approximate surface area is 125 Å². The monoisotopic (exact) mass is 287 g/mol. The number of methoxy groups -OCH3 is 1. The van der Waals surface area contributed by atoms with E-state index < -0.39 is 0 Å². The van der Waals surface area contributed by atoms with Gasteiger partial charge < -0.3 is 14.4 Å². The Morgan fingerprint density at radius 1 is 1.38 bits per heavy atom. The molecule has 0 aromatic heterocycles. The van der Waals surface area contributed by atoms with E-state index in [1.807, 2.05) is 25.1 Å². The van der Waals surface area contributed by atoms with Crippen LogP contribution in [0.2, 0.25) is 0 Å². The van der Waals surface area contributed by atoms with Gasteiger partial charge >= 0.3 is 5.97 Å². The largest absolute Gasteiger partial charge is 0.466 e. The summed E-state index contributed by atoms with van der Waals surface area (Å²) in [6.45, 7) is 4.74. The minimum absolute atomic E-state index is 0.149. The highest BCUT2D eigenvalue weighted by atomic mass is 16.5. The highest BCUT2D eigenvalue weighted by Gasteiger charge is 2.48. The molecule has 1 aromatic carbocycles. The first kappa shape index (κ1) is 14.1. The summed E-state index contributed by atoms with van der Waals surface area (Å²) in [7, 11) is 1.44. The smallest absolute Gasteiger partial charge is 0.335 e. The van der Waals surface area contributed by atoms with Gasteiger partial charge in [0.25, 0.3) is 0 Å². The number of carbonyl (C=O) groups excluding carboxylic acids is 1. The van der Waals surface area contributed by atoms with Gasteiger partial charge in [0, 0.05) is 5.70 Å². The SMILES string of the molecule is COC(=O)C1=C(C)N2[C@@H](c3ccccc3)CO[C@@]2(C)CC1. The maximum absolute atomic E-state index is 12.0. The average molecular weight is 287 g/mol. The average Bonchev–Trinajstić information content (AvgIpc) is 2.86. The number of fused-ring (bicyclic) bond motifs is 1. The summed E-state index contributed by atoms with van der Waals surface area (Å²) in [4.78, 5) is 14.2. The summed E-state index contributed by atoms with van der Waals surface area (Å²) >= 11 is 0. The topological polar surface area (TPSA) is 38.8 Å². The Kier molecular flexibility index (Phi) is 3.49. The summed E-state index contributed by atoms with van der Waals surface area (Å²) < 4.78 is 11.0. The normalized spacial score (nSPS) is 28.5. The van der Waals surface area contributed by atoms with Crippen molar-refractivity contribution in [1.82, 2.24) is 4.90 Å². The van der Waals surface area contributed by atoms with E-state index in [9.17, 15) is 4.79 Å². The second-order valence-electron chi connectivity index (χ2n) is 5.84. The van der Waals surface area contributed by atoms with Gasteiger partial charge in [0.05, 0.1) is 25.3 Å². The lowest BCUT2D eigenvalue weighted by Gasteiger charge is -2.43. The number of allylic oxidation sites excluding steroid dienone is 1. The fourth-order valence-corrected chi connectivity index (χ4v) is 3.49. The lowest BCUT2D eigenvalue weighted by atomic mass is 9.92. The maximum atomic E-state index is 12.0. The van der Waals surface area contributed by atoms with Crippen LogP contribution in [0, 0.1) is 0 Å². The molecule has 2 aliphatic rings. The molecule has 0 radical (unpaired) electrons. The molecule has 2 atom stereocenters. The zero-order valence-electron chi connectivity index (χ0n) is 12.8. The van der Waals surface area contributed by atoms with Gasteiger partial charge in [0.2, 0.25) is 0 Å². The molecule has 0 unspecified atom stereocenters. The highest BCUT2D eigenvalue weighted by Crippen LogP contribution is 2.46. The van der Waals surface area contributed by atoms with Gasteiger partial charge in [-0.15, -0.1) is 0 Å². The van der Waals surface area contributed by atoms with Gasteiger partial charge in [-0.25, -0.2) is 4.79 Å². The Bertz CT molecular complexity index is 581. The van der Waals surface area contributed by atoms with E-state index in [1.54, 1.807) is 0 Å². The number of hydrogen-bond donors (Lipinski definition) is 0. The minimum atomic E-state index is -0.331.